The molecule has 30 heavy (non-hydrogen) atoms. The fourth-order valence-corrected chi connectivity index (χ4v) is 4.33. The molecule has 0 aromatic heterocycles. The highest BCUT2D eigenvalue weighted by Gasteiger charge is 2.28. The number of fused-ring (bicyclic) bond motifs is 1. The van der Waals surface area contributed by atoms with Crippen LogP contribution in [0.5, 0.6) is 11.5 Å². The van der Waals surface area contributed by atoms with Crippen LogP contribution in [0.1, 0.15) is 23.1 Å². The number of hydrogen-bond acceptors (Lipinski definition) is 6. The number of hydrogen-bond donors (Lipinski definition) is 1. The van der Waals surface area contributed by atoms with Crippen LogP contribution in [0.4, 0.5) is 10.5 Å². The van der Waals surface area contributed by atoms with Crippen LogP contribution in [0.15, 0.2) is 34.8 Å². The molecule has 7 nitrogen and oxygen atoms in total. The van der Waals surface area contributed by atoms with Gasteiger partial charge >= 0.3 is 6.16 Å². The van der Waals surface area contributed by atoms with Crippen LogP contribution in [0.2, 0.25) is 0 Å². The first-order valence-corrected chi connectivity index (χ1v) is 10.4. The second-order valence-electron chi connectivity index (χ2n) is 7.16. The first-order valence-electron chi connectivity index (χ1n) is 9.62. The molecule has 8 heteroatoms. The smallest absolute Gasteiger partial charge is 0.497 e. The normalized spacial score (nSPS) is 14.0. The Balaban J connectivity index is 1.78. The predicted molar refractivity (Wildman–Crippen MR) is 117 cm³/mol. The highest BCUT2D eigenvalue weighted by Crippen LogP contribution is 2.32. The summed E-state index contributed by atoms with van der Waals surface area (Å²) >= 11 is 3.50. The van der Waals surface area contributed by atoms with Gasteiger partial charge in [0.05, 0.1) is 20.3 Å². The molecule has 0 saturated heterocycles. The van der Waals surface area contributed by atoms with Crippen LogP contribution in [0.3, 0.4) is 0 Å². The minimum Gasteiger partial charge on any atom is -0.497 e. The quantitative estimate of drug-likeness (QED) is 0.521. The Bertz CT molecular complexity index is 940. The van der Waals surface area contributed by atoms with Gasteiger partial charge in [-0.2, -0.15) is 0 Å². The van der Waals surface area contributed by atoms with E-state index in [0.29, 0.717) is 23.2 Å². The van der Waals surface area contributed by atoms with Crippen molar-refractivity contribution < 1.29 is 23.8 Å². The maximum atomic E-state index is 13.2. The number of carbonyl (C=O) groups is 2. The molecule has 1 aliphatic heterocycles. The number of anilines is 1. The lowest BCUT2D eigenvalue weighted by Crippen LogP contribution is -2.47. The molecular weight excluding hydrogens is 452 g/mol. The maximum absolute atomic E-state index is 13.2. The van der Waals surface area contributed by atoms with Crippen molar-refractivity contribution in [3.8, 4) is 11.5 Å². The lowest BCUT2D eigenvalue weighted by molar-refractivity contribution is -0.119. The lowest BCUT2D eigenvalue weighted by Gasteiger charge is -2.32. The van der Waals surface area contributed by atoms with Crippen LogP contribution >= 0.6 is 15.9 Å². The van der Waals surface area contributed by atoms with E-state index in [-0.39, 0.29) is 5.91 Å². The molecule has 160 valence electrons. The van der Waals surface area contributed by atoms with Crippen LogP contribution < -0.4 is 20.1 Å². The number of nitrogens with zero attached hydrogens (tertiary/aromatic N) is 1. The van der Waals surface area contributed by atoms with Gasteiger partial charge in [0.2, 0.25) is 5.91 Å². The molecule has 1 atom stereocenters. The van der Waals surface area contributed by atoms with Gasteiger partial charge in [0.1, 0.15) is 11.5 Å². The Kier molecular flexibility index (Phi) is 6.99. The molecule has 0 saturated carbocycles. The van der Waals surface area contributed by atoms with Crippen LogP contribution in [-0.4, -0.2) is 38.9 Å². The number of methoxy groups -OCH3 is 2. The summed E-state index contributed by atoms with van der Waals surface area (Å²) in [6.07, 6.45) is 1.34. The van der Waals surface area contributed by atoms with Gasteiger partial charge in [-0.25, -0.2) is 4.79 Å². The number of halogens is 1. The Labute approximate surface area is 184 Å². The van der Waals surface area contributed by atoms with E-state index in [1.807, 2.05) is 25.1 Å². The van der Waals surface area contributed by atoms with E-state index in [0.717, 1.165) is 41.0 Å². The molecule has 2 aromatic rings. The minimum atomic E-state index is -0.790. The van der Waals surface area contributed by atoms with E-state index in [1.165, 1.54) is 7.11 Å². The molecule has 2 aromatic carbocycles. The first kappa shape index (κ1) is 22.1. The summed E-state index contributed by atoms with van der Waals surface area (Å²) in [5.74, 6) is 1.01. The second-order valence-corrected chi connectivity index (χ2v) is 8.01. The lowest BCUT2D eigenvalue weighted by atomic mass is 9.97. The third kappa shape index (κ3) is 4.76. The monoisotopic (exact) mass is 476 g/mol. The van der Waals surface area contributed by atoms with Gasteiger partial charge in [-0.1, -0.05) is 15.9 Å². The molecule has 0 aliphatic carbocycles. The first-order chi connectivity index (χ1) is 14.3. The Morgan fingerprint density at radius 2 is 1.97 bits per heavy atom. The largest absolute Gasteiger partial charge is 0.513 e. The second kappa shape index (κ2) is 9.49. The van der Waals surface area contributed by atoms with Crippen molar-refractivity contribution in [3.05, 3.63) is 51.5 Å². The van der Waals surface area contributed by atoms with Crippen molar-refractivity contribution in [3.63, 3.8) is 0 Å². The Hall–Kier alpha value is -2.58. The minimum absolute atomic E-state index is 0.123. The van der Waals surface area contributed by atoms with Gasteiger partial charge < -0.3 is 24.8 Å². The molecular formula is C22H25BrN2O5. The van der Waals surface area contributed by atoms with Crippen LogP contribution in [0.25, 0.3) is 0 Å². The van der Waals surface area contributed by atoms with Gasteiger partial charge in [-0.05, 0) is 73.2 Å². The van der Waals surface area contributed by atoms with E-state index in [2.05, 4.69) is 20.7 Å². The van der Waals surface area contributed by atoms with E-state index in [1.54, 1.807) is 24.1 Å². The average Bonchev–Trinajstić information content (AvgIpc) is 2.74. The van der Waals surface area contributed by atoms with Gasteiger partial charge in [-0.15, -0.1) is 0 Å². The van der Waals surface area contributed by atoms with Crippen molar-refractivity contribution in [2.75, 3.05) is 25.7 Å². The topological polar surface area (TPSA) is 91.1 Å². The third-order valence-corrected chi connectivity index (χ3v) is 5.88. The molecule has 1 aliphatic rings. The molecule has 3 rings (SSSR count). The summed E-state index contributed by atoms with van der Waals surface area (Å²) in [7, 11) is 2.88. The molecule has 0 fully saturated rings. The maximum Gasteiger partial charge on any atom is 0.513 e. The molecule has 0 radical (unpaired) electrons. The average molecular weight is 477 g/mol. The highest BCUT2D eigenvalue weighted by atomic mass is 79.9. The zero-order valence-corrected chi connectivity index (χ0v) is 18.8. The van der Waals surface area contributed by atoms with Crippen molar-refractivity contribution in [2.45, 2.75) is 32.2 Å². The van der Waals surface area contributed by atoms with Gasteiger partial charge in [-0.3, -0.25) is 4.79 Å². The molecule has 2 N–H and O–H groups in total. The van der Waals surface area contributed by atoms with Crippen LogP contribution in [0, 0.1) is 6.92 Å². The van der Waals surface area contributed by atoms with Crippen LogP contribution in [-0.2, 0) is 22.4 Å². The molecule has 1 heterocycles. The van der Waals surface area contributed by atoms with Crippen molar-refractivity contribution in [2.24, 2.45) is 5.73 Å². The van der Waals surface area contributed by atoms with E-state index < -0.39 is 12.2 Å². The van der Waals surface area contributed by atoms with Crippen molar-refractivity contribution in [1.82, 2.24) is 0 Å². The number of rotatable bonds is 5. The summed E-state index contributed by atoms with van der Waals surface area (Å²) in [5.41, 5.74) is 10.0. The Morgan fingerprint density at radius 1 is 1.20 bits per heavy atom. The van der Waals surface area contributed by atoms with E-state index in [4.69, 9.17) is 15.2 Å². The van der Waals surface area contributed by atoms with Crippen molar-refractivity contribution >= 4 is 33.7 Å². The number of benzene rings is 2. The van der Waals surface area contributed by atoms with E-state index in [9.17, 15) is 9.59 Å². The molecule has 1 amide bonds. The van der Waals surface area contributed by atoms with Crippen molar-refractivity contribution in [1.29, 1.82) is 0 Å². The summed E-state index contributed by atoms with van der Waals surface area (Å²) < 4.78 is 15.6. The molecule has 0 bridgehead atoms. The number of carbonyl (C=O) groups excluding carboxylic acids is 2. The zero-order valence-electron chi connectivity index (χ0n) is 17.2. The number of amides is 1. The summed E-state index contributed by atoms with van der Waals surface area (Å²) in [6, 6.07) is 8.42. The summed E-state index contributed by atoms with van der Waals surface area (Å²) in [5, 5.41) is 0. The SMILES string of the molecule is COC(=O)Oc1cc(C)c(C[C@H](N)C(=O)N2CCCc3cc(OC)ccc32)c(Br)c1. The Morgan fingerprint density at radius 3 is 2.63 bits per heavy atom. The fourth-order valence-electron chi connectivity index (χ4n) is 3.63. The van der Waals surface area contributed by atoms with E-state index >= 15 is 0 Å². The standard InChI is InChI=1S/C22H25BrN2O5/c1-13-9-16(30-22(27)29-3)11-18(23)17(13)12-19(24)21(26)25-8-4-5-14-10-15(28-2)6-7-20(14)25/h6-7,9-11,19H,4-5,8,12,24H2,1-3H3/t19-/m0/s1. The zero-order chi connectivity index (χ0) is 21.8. The molecule has 0 unspecified atom stereocenters. The highest BCUT2D eigenvalue weighted by molar-refractivity contribution is 9.10. The number of aryl methyl sites for hydroxylation is 2. The number of ether oxygens (including phenoxy) is 3. The van der Waals surface area contributed by atoms with Gasteiger partial charge in [0.25, 0.3) is 0 Å². The van der Waals surface area contributed by atoms with Gasteiger partial charge in [0, 0.05) is 16.7 Å². The summed E-state index contributed by atoms with van der Waals surface area (Å²) in [4.78, 5) is 26.3. The number of nitrogens with two attached hydrogens (primary N) is 1. The third-order valence-electron chi connectivity index (χ3n) is 5.17. The predicted octanol–water partition coefficient (Wildman–Crippen LogP) is 3.76. The summed E-state index contributed by atoms with van der Waals surface area (Å²) in [6.45, 7) is 2.52. The van der Waals surface area contributed by atoms with Gasteiger partial charge in [0.15, 0.2) is 0 Å². The molecule has 0 spiro atoms. The fraction of sp³-hybridized carbons (Fsp3) is 0.364.